The summed E-state index contributed by atoms with van der Waals surface area (Å²) in [6.07, 6.45) is 0. The van der Waals surface area contributed by atoms with Crippen LogP contribution < -0.4 is 5.73 Å². The van der Waals surface area contributed by atoms with Crippen molar-refractivity contribution in [1.29, 1.82) is 0 Å². The lowest BCUT2D eigenvalue weighted by molar-refractivity contribution is 0.850. The van der Waals surface area contributed by atoms with E-state index >= 15 is 0 Å². The quantitative estimate of drug-likeness (QED) is 0.914. The van der Waals surface area contributed by atoms with E-state index in [9.17, 15) is 0 Å². The summed E-state index contributed by atoms with van der Waals surface area (Å²) in [4.78, 5) is 5.76. The number of hydrogen-bond acceptors (Lipinski definition) is 3. The molecule has 1 heterocycles. The maximum atomic E-state index is 6.25. The number of halogens is 1. The Hall–Kier alpha value is -0.710. The molecular weight excluding hydrogens is 296 g/mol. The Labute approximate surface area is 114 Å². The number of nitrogens with two attached hydrogens (primary N) is 1. The van der Waals surface area contributed by atoms with Gasteiger partial charge in [-0.2, -0.15) is 0 Å². The molecule has 1 atom stereocenters. The molecule has 0 aliphatic carbocycles. The van der Waals surface area contributed by atoms with Gasteiger partial charge in [-0.25, -0.2) is 4.98 Å². The molecule has 1 unspecified atom stereocenters. The molecule has 0 bridgehead atoms. The van der Waals surface area contributed by atoms with Gasteiger partial charge < -0.3 is 5.73 Å². The van der Waals surface area contributed by atoms with Crippen molar-refractivity contribution in [3.05, 3.63) is 49.4 Å². The van der Waals surface area contributed by atoms with Crippen LogP contribution in [0.25, 0.3) is 0 Å². The van der Waals surface area contributed by atoms with Gasteiger partial charge in [0.05, 0.1) is 11.7 Å². The molecule has 2 aromatic rings. The molecular formula is C13H15BrN2S. The fourth-order valence-corrected chi connectivity index (χ4v) is 2.83. The number of benzene rings is 1. The van der Waals surface area contributed by atoms with Crippen LogP contribution >= 0.6 is 27.3 Å². The first kappa shape index (κ1) is 12.7. The van der Waals surface area contributed by atoms with E-state index in [2.05, 4.69) is 40.8 Å². The highest BCUT2D eigenvalue weighted by Crippen LogP contribution is 2.28. The van der Waals surface area contributed by atoms with Gasteiger partial charge in [0.15, 0.2) is 0 Å². The summed E-state index contributed by atoms with van der Waals surface area (Å²) in [6, 6.07) is 6.08. The molecule has 90 valence electrons. The predicted octanol–water partition coefficient (Wildman–Crippen LogP) is 3.88. The summed E-state index contributed by atoms with van der Waals surface area (Å²) < 4.78 is 1.11. The average molecular weight is 311 g/mol. The zero-order chi connectivity index (χ0) is 12.6. The van der Waals surface area contributed by atoms with E-state index in [1.54, 1.807) is 11.3 Å². The number of nitrogens with zero attached hydrogens (tertiary/aromatic N) is 1. The Morgan fingerprint density at radius 3 is 2.53 bits per heavy atom. The Morgan fingerprint density at radius 1 is 1.29 bits per heavy atom. The van der Waals surface area contributed by atoms with E-state index in [1.807, 2.05) is 19.1 Å². The first-order chi connectivity index (χ1) is 7.99. The van der Waals surface area contributed by atoms with Crippen LogP contribution in [0.2, 0.25) is 0 Å². The van der Waals surface area contributed by atoms with Gasteiger partial charge in [0, 0.05) is 9.35 Å². The molecule has 1 aromatic heterocycles. The third-order valence-corrected chi connectivity index (χ3v) is 4.90. The van der Waals surface area contributed by atoms with Crippen molar-refractivity contribution >= 4 is 27.3 Å². The van der Waals surface area contributed by atoms with Crippen molar-refractivity contribution in [2.24, 2.45) is 5.73 Å². The Kier molecular flexibility index (Phi) is 3.66. The van der Waals surface area contributed by atoms with Crippen molar-refractivity contribution < 1.29 is 0 Å². The van der Waals surface area contributed by atoms with Crippen LogP contribution in [-0.2, 0) is 0 Å². The average Bonchev–Trinajstić information content (AvgIpc) is 2.62. The van der Waals surface area contributed by atoms with Crippen molar-refractivity contribution in [3.8, 4) is 0 Å². The van der Waals surface area contributed by atoms with E-state index in [4.69, 9.17) is 5.73 Å². The molecule has 0 radical (unpaired) electrons. The van der Waals surface area contributed by atoms with Crippen LogP contribution in [0.3, 0.4) is 0 Å². The van der Waals surface area contributed by atoms with Crippen LogP contribution in [0.5, 0.6) is 0 Å². The summed E-state index contributed by atoms with van der Waals surface area (Å²) in [5.41, 5.74) is 9.64. The van der Waals surface area contributed by atoms with Crippen LogP contribution in [0, 0.1) is 20.8 Å². The van der Waals surface area contributed by atoms with Gasteiger partial charge in [0.25, 0.3) is 0 Å². The molecule has 2 N–H and O–H groups in total. The Bertz CT molecular complexity index is 529. The highest BCUT2D eigenvalue weighted by atomic mass is 79.9. The minimum Gasteiger partial charge on any atom is -0.318 e. The number of thiazole rings is 1. The number of aromatic nitrogens is 1. The minimum absolute atomic E-state index is 0.126. The van der Waals surface area contributed by atoms with E-state index in [-0.39, 0.29) is 6.04 Å². The molecule has 4 heteroatoms. The van der Waals surface area contributed by atoms with Crippen molar-refractivity contribution in [2.75, 3.05) is 0 Å². The maximum Gasteiger partial charge on any atom is 0.114 e. The lowest BCUT2D eigenvalue weighted by atomic mass is 10.1. The van der Waals surface area contributed by atoms with Crippen LogP contribution in [0.1, 0.15) is 32.7 Å². The zero-order valence-electron chi connectivity index (χ0n) is 10.1. The normalized spacial score (nSPS) is 12.8. The van der Waals surface area contributed by atoms with Crippen molar-refractivity contribution in [3.63, 3.8) is 0 Å². The fourth-order valence-electron chi connectivity index (χ4n) is 1.63. The largest absolute Gasteiger partial charge is 0.318 e. The Balaban J connectivity index is 2.36. The minimum atomic E-state index is -0.126. The molecule has 2 nitrogen and oxygen atoms in total. The standard InChI is InChI=1S/C13H15BrN2S/c1-7-6-10(4-5-11(7)14)12(15)13-16-8(2)9(3)17-13/h4-6,12H,15H2,1-3H3. The molecule has 1 aromatic carbocycles. The van der Waals surface area contributed by atoms with Crippen molar-refractivity contribution in [1.82, 2.24) is 4.98 Å². The lowest BCUT2D eigenvalue weighted by Gasteiger charge is -2.10. The molecule has 0 amide bonds. The third-order valence-electron chi connectivity index (χ3n) is 2.85. The van der Waals surface area contributed by atoms with Gasteiger partial charge >= 0.3 is 0 Å². The maximum absolute atomic E-state index is 6.25. The van der Waals surface area contributed by atoms with E-state index < -0.39 is 0 Å². The second-order valence-electron chi connectivity index (χ2n) is 4.18. The van der Waals surface area contributed by atoms with Gasteiger partial charge in [-0.15, -0.1) is 11.3 Å². The van der Waals surface area contributed by atoms with E-state index in [1.165, 1.54) is 10.4 Å². The first-order valence-corrected chi connectivity index (χ1v) is 7.05. The van der Waals surface area contributed by atoms with Gasteiger partial charge in [0.1, 0.15) is 5.01 Å². The van der Waals surface area contributed by atoms with Crippen LogP contribution in [0.4, 0.5) is 0 Å². The Morgan fingerprint density at radius 2 is 2.00 bits per heavy atom. The van der Waals surface area contributed by atoms with Crippen molar-refractivity contribution in [2.45, 2.75) is 26.8 Å². The second kappa shape index (κ2) is 4.88. The molecule has 0 saturated heterocycles. The summed E-state index contributed by atoms with van der Waals surface area (Å²) in [5, 5.41) is 0.988. The number of rotatable bonds is 2. The van der Waals surface area contributed by atoms with E-state index in [0.717, 1.165) is 20.7 Å². The lowest BCUT2D eigenvalue weighted by Crippen LogP contribution is -2.11. The smallest absolute Gasteiger partial charge is 0.114 e. The third kappa shape index (κ3) is 2.59. The van der Waals surface area contributed by atoms with E-state index in [0.29, 0.717) is 0 Å². The zero-order valence-corrected chi connectivity index (χ0v) is 12.5. The number of aryl methyl sites for hydroxylation is 3. The summed E-state index contributed by atoms with van der Waals surface area (Å²) in [7, 11) is 0. The van der Waals surface area contributed by atoms with Gasteiger partial charge in [-0.3, -0.25) is 0 Å². The molecule has 17 heavy (non-hydrogen) atoms. The molecule has 2 rings (SSSR count). The summed E-state index contributed by atoms with van der Waals surface area (Å²) >= 11 is 5.18. The van der Waals surface area contributed by atoms with Gasteiger partial charge in [0.2, 0.25) is 0 Å². The van der Waals surface area contributed by atoms with Crippen LogP contribution in [0.15, 0.2) is 22.7 Å². The topological polar surface area (TPSA) is 38.9 Å². The highest BCUT2D eigenvalue weighted by Gasteiger charge is 2.14. The molecule has 0 fully saturated rings. The summed E-state index contributed by atoms with van der Waals surface area (Å²) in [6.45, 7) is 6.17. The molecule has 0 aliphatic heterocycles. The molecule has 0 aliphatic rings. The van der Waals surface area contributed by atoms with Gasteiger partial charge in [-0.1, -0.05) is 28.1 Å². The number of hydrogen-bond donors (Lipinski definition) is 1. The summed E-state index contributed by atoms with van der Waals surface area (Å²) in [5.74, 6) is 0. The molecule has 0 spiro atoms. The first-order valence-electron chi connectivity index (χ1n) is 5.44. The van der Waals surface area contributed by atoms with Gasteiger partial charge in [-0.05, 0) is 38.0 Å². The monoisotopic (exact) mass is 310 g/mol. The predicted molar refractivity (Wildman–Crippen MR) is 76.5 cm³/mol. The SMILES string of the molecule is Cc1cc(C(N)c2nc(C)c(C)s2)ccc1Br. The fraction of sp³-hybridized carbons (Fsp3) is 0.308. The molecule has 0 saturated carbocycles. The highest BCUT2D eigenvalue weighted by molar-refractivity contribution is 9.10. The second-order valence-corrected chi connectivity index (χ2v) is 6.27. The van der Waals surface area contributed by atoms with Crippen LogP contribution in [-0.4, -0.2) is 4.98 Å².